The average Bonchev–Trinajstić information content (AvgIpc) is 3.21. The smallest absolute Gasteiger partial charge is 0.360 e. The highest BCUT2D eigenvalue weighted by Gasteiger charge is 2.30. The van der Waals surface area contributed by atoms with Crippen LogP contribution in [-0.4, -0.2) is 40.7 Å². The molecule has 0 aromatic heterocycles. The van der Waals surface area contributed by atoms with Crippen molar-refractivity contribution >= 4 is 29.0 Å². The van der Waals surface area contributed by atoms with E-state index in [1.54, 1.807) is 11.9 Å². The molecule has 1 atom stereocenters. The minimum atomic E-state index is -1.52. The molecule has 2 N–H and O–H groups in total. The maximum absolute atomic E-state index is 12.6. The summed E-state index contributed by atoms with van der Waals surface area (Å²) in [5.74, 6) is 0.250. The van der Waals surface area contributed by atoms with Crippen LogP contribution in [0.3, 0.4) is 0 Å². The topological polar surface area (TPSA) is 84.5 Å². The summed E-state index contributed by atoms with van der Waals surface area (Å²) in [4.78, 5) is 25.6. The van der Waals surface area contributed by atoms with Crippen LogP contribution in [0.25, 0.3) is 0 Å². The molecule has 154 valence electrons. The monoisotopic (exact) mass is 405 g/mol. The third-order valence-electron chi connectivity index (χ3n) is 5.64. The van der Waals surface area contributed by atoms with Crippen LogP contribution in [0.1, 0.15) is 55.9 Å². The van der Waals surface area contributed by atoms with Gasteiger partial charge < -0.3 is 14.8 Å². The maximum atomic E-state index is 12.6. The summed E-state index contributed by atoms with van der Waals surface area (Å²) in [7, 11) is 1.73. The number of benzene rings is 1. The summed E-state index contributed by atoms with van der Waals surface area (Å²) < 4.78 is 15.1. The van der Waals surface area contributed by atoms with E-state index in [1.165, 1.54) is 29.2 Å². The molecular weight excluding hydrogens is 374 g/mol. The van der Waals surface area contributed by atoms with Crippen molar-refractivity contribution in [1.29, 1.82) is 0 Å². The number of nitrogens with one attached hydrogen (secondary N) is 2. The van der Waals surface area contributed by atoms with E-state index < -0.39 is 17.4 Å². The molecule has 3 amide bonds. The van der Waals surface area contributed by atoms with Crippen molar-refractivity contribution in [2.24, 2.45) is 5.41 Å². The second kappa shape index (κ2) is 8.33. The molecule has 0 radical (unpaired) electrons. The Morgan fingerprint density at radius 1 is 1.14 bits per heavy atom. The summed E-state index contributed by atoms with van der Waals surface area (Å²) in [5.41, 5.74) is 5.80. The number of carbonyl (C=O) groups is 2. The van der Waals surface area contributed by atoms with Gasteiger partial charge in [-0.25, -0.2) is 4.79 Å². The number of aryl methyl sites for hydroxylation is 2. The molecule has 28 heavy (non-hydrogen) atoms. The van der Waals surface area contributed by atoms with Crippen molar-refractivity contribution in [1.82, 2.24) is 9.62 Å². The summed E-state index contributed by atoms with van der Waals surface area (Å²) in [5, 5.41) is 3.01. The lowest BCUT2D eigenvalue weighted by atomic mass is 9.96. The van der Waals surface area contributed by atoms with E-state index in [0.29, 0.717) is 6.54 Å². The van der Waals surface area contributed by atoms with E-state index in [2.05, 4.69) is 16.1 Å². The van der Waals surface area contributed by atoms with Crippen molar-refractivity contribution in [3.05, 3.63) is 28.3 Å². The molecule has 1 aromatic carbocycles. The van der Waals surface area contributed by atoms with Crippen LogP contribution in [0.5, 0.6) is 0 Å². The van der Waals surface area contributed by atoms with Gasteiger partial charge in [-0.3, -0.25) is 4.79 Å². The van der Waals surface area contributed by atoms with Gasteiger partial charge in [0, 0.05) is 31.6 Å². The molecule has 2 aliphatic carbocycles. The maximum Gasteiger partial charge on any atom is 0.360 e. The number of hydrogen-bond acceptors (Lipinski definition) is 3. The van der Waals surface area contributed by atoms with E-state index >= 15 is 0 Å². The number of rotatable bonds is 6. The van der Waals surface area contributed by atoms with Gasteiger partial charge in [-0.2, -0.15) is 4.72 Å². The van der Waals surface area contributed by atoms with Crippen LogP contribution >= 0.6 is 0 Å². The summed E-state index contributed by atoms with van der Waals surface area (Å²) in [6.07, 6.45) is 6.37. The van der Waals surface area contributed by atoms with Gasteiger partial charge in [0.1, 0.15) is 5.75 Å². The van der Waals surface area contributed by atoms with Crippen LogP contribution < -0.4 is 10.0 Å². The Labute approximate surface area is 170 Å². The number of fused-ring (bicyclic) bond motifs is 2. The van der Waals surface area contributed by atoms with Crippen LogP contribution in [0.15, 0.2) is 6.07 Å². The molecule has 2 aliphatic rings. The Bertz CT molecular complexity index is 746. The molecule has 0 aliphatic heterocycles. The Morgan fingerprint density at radius 3 is 2.25 bits per heavy atom. The van der Waals surface area contributed by atoms with Crippen molar-refractivity contribution in [3.8, 4) is 0 Å². The van der Waals surface area contributed by atoms with Crippen molar-refractivity contribution in [2.45, 2.75) is 59.3 Å². The number of hydrogen-bond donors (Lipinski definition) is 2. The second-order valence-electron chi connectivity index (χ2n) is 8.82. The lowest BCUT2D eigenvalue weighted by Gasteiger charge is -2.29. The number of anilines is 1. The first-order valence-electron chi connectivity index (χ1n) is 10.0. The zero-order valence-electron chi connectivity index (χ0n) is 17.3. The third kappa shape index (κ3) is 4.81. The molecule has 0 saturated carbocycles. The number of carbonyl (C=O) groups excluding carboxylic acids is 2. The fourth-order valence-electron chi connectivity index (χ4n) is 4.40. The molecular formula is C21H31N3O3S. The molecule has 7 heteroatoms. The van der Waals surface area contributed by atoms with E-state index in [9.17, 15) is 14.1 Å². The zero-order chi connectivity index (χ0) is 20.5. The number of nitrogens with zero attached hydrogens (tertiary/aromatic N) is 1. The highest BCUT2D eigenvalue weighted by atomic mass is 32.2. The molecule has 0 fully saturated rings. The molecule has 1 aromatic rings. The molecule has 0 spiro atoms. The lowest BCUT2D eigenvalue weighted by molar-refractivity contribution is -0.128. The van der Waals surface area contributed by atoms with Gasteiger partial charge in [-0.05, 0) is 60.8 Å². The lowest BCUT2D eigenvalue weighted by Crippen LogP contribution is -2.44. The highest BCUT2D eigenvalue weighted by molar-refractivity contribution is 7.90. The van der Waals surface area contributed by atoms with Crippen molar-refractivity contribution in [3.63, 3.8) is 0 Å². The molecule has 0 saturated heterocycles. The van der Waals surface area contributed by atoms with Crippen LogP contribution in [0.4, 0.5) is 10.5 Å². The van der Waals surface area contributed by atoms with E-state index in [1.807, 2.05) is 13.8 Å². The first-order chi connectivity index (χ1) is 13.2. The molecule has 1 unspecified atom stereocenters. The van der Waals surface area contributed by atoms with Crippen molar-refractivity contribution < 1.29 is 14.1 Å². The van der Waals surface area contributed by atoms with Gasteiger partial charge in [0.05, 0.1) is 11.4 Å². The van der Waals surface area contributed by atoms with Crippen LogP contribution in [-0.2, 0) is 41.8 Å². The summed E-state index contributed by atoms with van der Waals surface area (Å²) in [6, 6.07) is 1.91. The summed E-state index contributed by atoms with van der Waals surface area (Å²) in [6.45, 7) is 5.88. The predicted octanol–water partition coefficient (Wildman–Crippen LogP) is 2.95. The standard InChI is InChI=1S/C21H31N3O3S/c1-14(25)24(4)12-21(2,3)13-28(27)23-20(26)22-19-17-9-5-7-15(17)11-16-8-6-10-18(16)19/h11H,5-10,12-13H2,1-4H3,(H2,22,23,26). The van der Waals surface area contributed by atoms with Gasteiger partial charge in [0.2, 0.25) is 5.91 Å². The van der Waals surface area contributed by atoms with Crippen LogP contribution in [0.2, 0.25) is 0 Å². The van der Waals surface area contributed by atoms with E-state index in [0.717, 1.165) is 44.2 Å². The fraction of sp³-hybridized carbons (Fsp3) is 0.619. The molecule has 6 nitrogen and oxygen atoms in total. The normalized spacial score (nSPS) is 16.3. The van der Waals surface area contributed by atoms with Gasteiger partial charge in [-0.15, -0.1) is 0 Å². The van der Waals surface area contributed by atoms with Gasteiger partial charge in [0.15, 0.2) is 0 Å². The number of urea groups is 1. The van der Waals surface area contributed by atoms with Gasteiger partial charge >= 0.3 is 6.03 Å². The van der Waals surface area contributed by atoms with Crippen molar-refractivity contribution in [2.75, 3.05) is 24.7 Å². The fourth-order valence-corrected chi connectivity index (χ4v) is 5.53. The Kier molecular flexibility index (Phi) is 6.25. The largest absolute Gasteiger partial charge is 0.593 e. The van der Waals surface area contributed by atoms with Gasteiger partial charge in [-0.1, -0.05) is 19.9 Å². The van der Waals surface area contributed by atoms with E-state index in [4.69, 9.17) is 0 Å². The Morgan fingerprint density at radius 2 is 1.71 bits per heavy atom. The average molecular weight is 406 g/mol. The highest BCUT2D eigenvalue weighted by Crippen LogP contribution is 2.38. The summed E-state index contributed by atoms with van der Waals surface area (Å²) >= 11 is -1.52. The Hall–Kier alpha value is -1.73. The zero-order valence-corrected chi connectivity index (χ0v) is 18.1. The minimum absolute atomic E-state index is 0.0312. The predicted molar refractivity (Wildman–Crippen MR) is 113 cm³/mol. The van der Waals surface area contributed by atoms with E-state index in [-0.39, 0.29) is 17.1 Å². The number of amides is 3. The first-order valence-corrected chi connectivity index (χ1v) is 11.3. The second-order valence-corrected chi connectivity index (χ2v) is 10.0. The molecule has 0 heterocycles. The Balaban J connectivity index is 1.63. The minimum Gasteiger partial charge on any atom is -0.593 e. The third-order valence-corrected chi connectivity index (χ3v) is 7.10. The molecule has 3 rings (SSSR count). The van der Waals surface area contributed by atoms with Crippen LogP contribution in [0, 0.1) is 5.41 Å². The first kappa shape index (κ1) is 21.0. The van der Waals surface area contributed by atoms with Gasteiger partial charge in [0.25, 0.3) is 0 Å². The molecule has 0 bridgehead atoms. The quantitative estimate of drug-likeness (QED) is 0.714. The SMILES string of the molecule is CC(=O)N(C)CC(C)(C)C[S+]([O-])NC(=O)Nc1c2c(cc3c1CCC3)CCC2.